The number of hydrogen-bond donors (Lipinski definition) is 0. The maximum absolute atomic E-state index is 11.3. The number of ketones is 1. The fraction of sp³-hybridized carbons (Fsp3) is 0.389. The van der Waals surface area contributed by atoms with Gasteiger partial charge in [0.2, 0.25) is 0 Å². The van der Waals surface area contributed by atoms with E-state index in [2.05, 4.69) is 23.5 Å². The Labute approximate surface area is 175 Å². The summed E-state index contributed by atoms with van der Waals surface area (Å²) in [5.41, 5.74) is 0. The van der Waals surface area contributed by atoms with Gasteiger partial charge in [-0.15, -0.1) is 6.54 Å². The Hall–Kier alpha value is -0.234. The maximum atomic E-state index is 11.3. The number of rotatable bonds is 3. The van der Waals surface area contributed by atoms with Crippen LogP contribution in [0.4, 0.5) is 0 Å². The van der Waals surface area contributed by atoms with Crippen LogP contribution in [0.25, 0.3) is 16.1 Å². The molecular weight excluding hydrogens is 301 g/mol. The predicted octanol–water partition coefficient (Wildman–Crippen LogP) is 1.35. The number of Topliss-reactive ketones (excluding diaryl/α,β-unsaturated/α-hetero) is 1. The zero-order valence-corrected chi connectivity index (χ0v) is 17.0. The van der Waals surface area contributed by atoms with Crippen LogP contribution in [0.2, 0.25) is 0 Å². The monoisotopic (exact) mass is 323 g/mol. The second-order valence-electron chi connectivity index (χ2n) is 4.98. The van der Waals surface area contributed by atoms with Crippen LogP contribution in [0, 0.1) is 0 Å². The van der Waals surface area contributed by atoms with Gasteiger partial charge in [-0.3, -0.25) is 0 Å². The first-order valence-corrected chi connectivity index (χ1v) is 7.55. The van der Waals surface area contributed by atoms with Crippen molar-refractivity contribution in [2.24, 2.45) is 0 Å². The number of carbonyl (C=O) groups is 1. The summed E-state index contributed by atoms with van der Waals surface area (Å²) in [6, 6.07) is 14.1. The Bertz CT molecular complexity index is 615. The molecule has 2 atom stereocenters. The summed E-state index contributed by atoms with van der Waals surface area (Å²) < 4.78 is 5.92. The SMILES string of the molecule is CC.CC(=O)C1CC(Oc2ccc3ccccc3c2)C[N-]1.[K+]. The molecule has 0 amide bonds. The maximum Gasteiger partial charge on any atom is 1.00 e. The van der Waals surface area contributed by atoms with Crippen LogP contribution < -0.4 is 56.1 Å². The molecule has 1 aliphatic heterocycles. The van der Waals surface area contributed by atoms with Crippen LogP contribution in [0.5, 0.6) is 5.75 Å². The van der Waals surface area contributed by atoms with Crippen LogP contribution in [0.15, 0.2) is 42.5 Å². The largest absolute Gasteiger partial charge is 1.00 e. The molecule has 2 aromatic rings. The summed E-state index contributed by atoms with van der Waals surface area (Å²) >= 11 is 0. The first-order chi connectivity index (χ1) is 10.2. The van der Waals surface area contributed by atoms with Gasteiger partial charge in [-0.2, -0.15) is 0 Å². The first-order valence-electron chi connectivity index (χ1n) is 7.55. The van der Waals surface area contributed by atoms with Gasteiger partial charge in [0.1, 0.15) is 11.5 Å². The van der Waals surface area contributed by atoms with Crippen molar-refractivity contribution in [3.05, 3.63) is 47.8 Å². The molecule has 0 bridgehead atoms. The van der Waals surface area contributed by atoms with Crippen molar-refractivity contribution in [2.75, 3.05) is 6.54 Å². The summed E-state index contributed by atoms with van der Waals surface area (Å²) in [6.45, 7) is 6.20. The summed E-state index contributed by atoms with van der Waals surface area (Å²) in [4.78, 5) is 11.3. The minimum absolute atomic E-state index is 0. The predicted molar refractivity (Wildman–Crippen MR) is 87.0 cm³/mol. The average Bonchev–Trinajstić information content (AvgIpc) is 2.98. The molecule has 3 rings (SSSR count). The second-order valence-corrected chi connectivity index (χ2v) is 4.98. The van der Waals surface area contributed by atoms with Gasteiger partial charge in [-0.1, -0.05) is 50.2 Å². The Balaban J connectivity index is 0.000000775. The van der Waals surface area contributed by atoms with Gasteiger partial charge in [0, 0.05) is 0 Å². The minimum Gasteiger partial charge on any atom is -0.650 e. The van der Waals surface area contributed by atoms with Gasteiger partial charge < -0.3 is 14.8 Å². The molecule has 0 saturated carbocycles. The molecule has 1 saturated heterocycles. The number of nitrogens with zero attached hydrogens (tertiary/aromatic N) is 1. The third-order valence-corrected chi connectivity index (χ3v) is 3.51. The van der Waals surface area contributed by atoms with Crippen molar-refractivity contribution >= 4 is 16.6 Å². The molecule has 3 nitrogen and oxygen atoms in total. The Morgan fingerprint density at radius 1 is 1.14 bits per heavy atom. The molecule has 4 heteroatoms. The quantitative estimate of drug-likeness (QED) is 0.800. The van der Waals surface area contributed by atoms with Crippen molar-refractivity contribution in [3.63, 3.8) is 0 Å². The first kappa shape index (κ1) is 19.8. The molecule has 112 valence electrons. The molecule has 22 heavy (non-hydrogen) atoms. The third kappa shape index (κ3) is 5.15. The van der Waals surface area contributed by atoms with Crippen LogP contribution in [-0.4, -0.2) is 24.5 Å². The smallest absolute Gasteiger partial charge is 0.650 e. The number of benzene rings is 2. The standard InChI is InChI=1S/C16H16NO2.C2H6.K/c1-11(18)16-9-15(10-17-16)19-14-7-6-12-4-2-3-5-13(12)8-14;1-2;/h2-8,15-16H,9-10H2,1H3;1-2H3;/q-1;;+1. The third-order valence-electron chi connectivity index (χ3n) is 3.51. The topological polar surface area (TPSA) is 40.4 Å². The number of carbonyl (C=O) groups excluding carboxylic acids is 1. The van der Waals surface area contributed by atoms with Gasteiger partial charge in [-0.05, 0) is 36.2 Å². The molecule has 0 N–H and O–H groups in total. The Morgan fingerprint density at radius 3 is 2.45 bits per heavy atom. The van der Waals surface area contributed by atoms with E-state index < -0.39 is 0 Å². The molecule has 1 fully saturated rings. The van der Waals surface area contributed by atoms with Gasteiger partial charge >= 0.3 is 51.4 Å². The van der Waals surface area contributed by atoms with Gasteiger partial charge in [-0.25, -0.2) is 0 Å². The Kier molecular flexibility index (Phi) is 8.83. The fourth-order valence-electron chi connectivity index (χ4n) is 2.46. The van der Waals surface area contributed by atoms with Crippen LogP contribution in [0.1, 0.15) is 27.2 Å². The van der Waals surface area contributed by atoms with E-state index in [1.807, 2.05) is 38.1 Å². The number of ether oxygens (including phenoxy) is 1. The van der Waals surface area contributed by atoms with E-state index in [9.17, 15) is 4.79 Å². The van der Waals surface area contributed by atoms with Crippen LogP contribution >= 0.6 is 0 Å². The molecule has 0 spiro atoms. The number of hydrogen-bond acceptors (Lipinski definition) is 2. The summed E-state index contributed by atoms with van der Waals surface area (Å²) in [7, 11) is 0. The number of fused-ring (bicyclic) bond motifs is 1. The van der Waals surface area contributed by atoms with Crippen molar-refractivity contribution in [3.8, 4) is 5.75 Å². The second kappa shape index (κ2) is 9.80. The zero-order chi connectivity index (χ0) is 15.2. The van der Waals surface area contributed by atoms with Crippen LogP contribution in [-0.2, 0) is 4.79 Å². The summed E-state index contributed by atoms with van der Waals surface area (Å²) in [5.74, 6) is 0.979. The molecule has 0 aliphatic carbocycles. The van der Waals surface area contributed by atoms with Gasteiger partial charge in [0.15, 0.2) is 0 Å². The van der Waals surface area contributed by atoms with Crippen molar-refractivity contribution in [2.45, 2.75) is 39.3 Å². The Morgan fingerprint density at radius 2 is 1.82 bits per heavy atom. The van der Waals surface area contributed by atoms with E-state index in [1.54, 1.807) is 6.92 Å². The molecular formula is C18H22KNO2. The normalized spacial score (nSPS) is 19.8. The van der Waals surface area contributed by atoms with E-state index in [0.29, 0.717) is 13.0 Å². The van der Waals surface area contributed by atoms with Crippen molar-refractivity contribution in [1.29, 1.82) is 0 Å². The van der Waals surface area contributed by atoms with E-state index >= 15 is 0 Å². The van der Waals surface area contributed by atoms with E-state index in [0.717, 1.165) is 11.1 Å². The summed E-state index contributed by atoms with van der Waals surface area (Å²) in [6.07, 6.45) is 0.720. The molecule has 1 aliphatic rings. The van der Waals surface area contributed by atoms with Gasteiger partial charge in [0.25, 0.3) is 0 Å². The van der Waals surface area contributed by atoms with E-state index in [4.69, 9.17) is 4.74 Å². The van der Waals surface area contributed by atoms with Crippen LogP contribution in [0.3, 0.4) is 0 Å². The fourth-order valence-corrected chi connectivity index (χ4v) is 2.46. The molecule has 0 radical (unpaired) electrons. The molecule has 0 aromatic heterocycles. The molecule has 1 heterocycles. The van der Waals surface area contributed by atoms with Gasteiger partial charge in [0.05, 0.1) is 6.10 Å². The summed E-state index contributed by atoms with van der Waals surface area (Å²) in [5, 5.41) is 6.67. The zero-order valence-electron chi connectivity index (χ0n) is 13.9. The van der Waals surface area contributed by atoms with E-state index in [1.165, 1.54) is 5.39 Å². The minimum atomic E-state index is -0.176. The average molecular weight is 323 g/mol. The van der Waals surface area contributed by atoms with E-state index in [-0.39, 0.29) is 69.3 Å². The molecule has 2 aromatic carbocycles. The van der Waals surface area contributed by atoms with Crippen molar-refractivity contribution in [1.82, 2.24) is 0 Å². The van der Waals surface area contributed by atoms with Crippen molar-refractivity contribution < 1.29 is 60.9 Å². The molecule has 2 unspecified atom stereocenters.